The van der Waals surface area contributed by atoms with Crippen molar-refractivity contribution in [1.82, 2.24) is 14.4 Å². The van der Waals surface area contributed by atoms with Crippen LogP contribution in [0.4, 0.5) is 0 Å². The molecule has 0 N–H and O–H groups in total. The van der Waals surface area contributed by atoms with Gasteiger partial charge in [0, 0.05) is 30.8 Å². The van der Waals surface area contributed by atoms with Gasteiger partial charge in [-0.2, -0.15) is 0 Å². The van der Waals surface area contributed by atoms with E-state index >= 15 is 0 Å². The fourth-order valence-electron chi connectivity index (χ4n) is 3.68. The van der Waals surface area contributed by atoms with E-state index in [1.807, 2.05) is 50.4 Å². The average Bonchev–Trinajstić information content (AvgIpc) is 2.93. The highest BCUT2D eigenvalue weighted by Crippen LogP contribution is 2.40. The van der Waals surface area contributed by atoms with E-state index in [2.05, 4.69) is 9.97 Å². The molecule has 0 aliphatic heterocycles. The van der Waals surface area contributed by atoms with E-state index in [0.29, 0.717) is 30.0 Å². The molecule has 2 heterocycles. The van der Waals surface area contributed by atoms with Crippen LogP contribution in [0, 0.1) is 5.41 Å². The molecule has 126 valence electrons. The van der Waals surface area contributed by atoms with Crippen molar-refractivity contribution in [3.05, 3.63) is 54.5 Å². The normalized spacial score (nSPS) is 18.0. The summed E-state index contributed by atoms with van der Waals surface area (Å²) in [5, 5.41) is 0. The summed E-state index contributed by atoms with van der Waals surface area (Å²) < 4.78 is 1.78. The number of imidazole rings is 1. The number of ketones is 2. The maximum Gasteiger partial charge on any atom is 0.234 e. The molecule has 0 atom stereocenters. The molecule has 0 bridgehead atoms. The Morgan fingerprint density at radius 2 is 1.72 bits per heavy atom. The van der Waals surface area contributed by atoms with E-state index in [0.717, 1.165) is 5.56 Å². The third-order valence-corrected chi connectivity index (χ3v) is 4.71. The first-order valence-electron chi connectivity index (χ1n) is 8.40. The van der Waals surface area contributed by atoms with Crippen LogP contribution in [0.1, 0.15) is 38.3 Å². The molecule has 4 rings (SSSR count). The lowest BCUT2D eigenvalue weighted by Gasteiger charge is -2.32. The third-order valence-electron chi connectivity index (χ3n) is 4.71. The number of carbonyl (C=O) groups is 2. The molecule has 5 nitrogen and oxygen atoms in total. The van der Waals surface area contributed by atoms with Crippen LogP contribution in [0.3, 0.4) is 0 Å². The maximum atomic E-state index is 12.9. The highest BCUT2D eigenvalue weighted by atomic mass is 16.2. The number of nitrogens with zero attached hydrogens (tertiary/aromatic N) is 3. The van der Waals surface area contributed by atoms with E-state index in [4.69, 9.17) is 0 Å². The SMILES string of the molecule is CC1(C)CC(=O)C(c2c(-c3ccccc3)nc3ncccn23)C(=O)C1. The van der Waals surface area contributed by atoms with Gasteiger partial charge in [-0.15, -0.1) is 0 Å². The van der Waals surface area contributed by atoms with Crippen LogP contribution in [0.2, 0.25) is 0 Å². The van der Waals surface area contributed by atoms with Gasteiger partial charge in [0.25, 0.3) is 0 Å². The highest BCUT2D eigenvalue weighted by molar-refractivity contribution is 6.10. The van der Waals surface area contributed by atoms with Crippen molar-refractivity contribution >= 4 is 17.3 Å². The predicted molar refractivity (Wildman–Crippen MR) is 94.2 cm³/mol. The van der Waals surface area contributed by atoms with Crippen molar-refractivity contribution in [2.24, 2.45) is 5.41 Å². The first-order valence-corrected chi connectivity index (χ1v) is 8.40. The summed E-state index contributed by atoms with van der Waals surface area (Å²) in [6, 6.07) is 11.4. The van der Waals surface area contributed by atoms with E-state index < -0.39 is 5.92 Å². The molecule has 1 aliphatic carbocycles. The van der Waals surface area contributed by atoms with Crippen LogP contribution < -0.4 is 0 Å². The number of rotatable bonds is 2. The molecule has 0 amide bonds. The van der Waals surface area contributed by atoms with Gasteiger partial charge in [-0.3, -0.25) is 14.0 Å². The number of carbonyl (C=O) groups excluding carboxylic acids is 2. The van der Waals surface area contributed by atoms with Crippen LogP contribution in [-0.2, 0) is 9.59 Å². The second-order valence-corrected chi connectivity index (χ2v) is 7.38. The number of benzene rings is 1. The lowest BCUT2D eigenvalue weighted by atomic mass is 9.70. The van der Waals surface area contributed by atoms with Crippen LogP contribution in [0.25, 0.3) is 17.0 Å². The van der Waals surface area contributed by atoms with E-state index in [1.54, 1.807) is 16.7 Å². The molecular weight excluding hydrogens is 314 g/mol. The van der Waals surface area contributed by atoms with Crippen molar-refractivity contribution in [2.45, 2.75) is 32.6 Å². The molecule has 0 radical (unpaired) electrons. The molecule has 3 aromatic rings. The van der Waals surface area contributed by atoms with Gasteiger partial charge >= 0.3 is 0 Å². The minimum absolute atomic E-state index is 0.0379. The van der Waals surface area contributed by atoms with Gasteiger partial charge < -0.3 is 0 Å². The topological polar surface area (TPSA) is 64.3 Å². The fraction of sp³-hybridized carbons (Fsp3) is 0.300. The Bertz CT molecular complexity index is 953. The molecule has 2 aromatic heterocycles. The number of hydrogen-bond donors (Lipinski definition) is 0. The molecule has 1 aliphatic rings. The summed E-state index contributed by atoms with van der Waals surface area (Å²) in [5.41, 5.74) is 1.90. The number of aromatic nitrogens is 3. The van der Waals surface area contributed by atoms with Crippen molar-refractivity contribution < 1.29 is 9.59 Å². The largest absolute Gasteiger partial charge is 0.298 e. The molecule has 25 heavy (non-hydrogen) atoms. The second kappa shape index (κ2) is 5.62. The summed E-state index contributed by atoms with van der Waals surface area (Å²) in [4.78, 5) is 34.6. The molecule has 1 fully saturated rings. The van der Waals surface area contributed by atoms with Gasteiger partial charge in [0.15, 0.2) is 0 Å². The Morgan fingerprint density at radius 1 is 1.04 bits per heavy atom. The number of fused-ring (bicyclic) bond motifs is 1. The molecule has 1 aromatic carbocycles. The van der Waals surface area contributed by atoms with E-state index in [9.17, 15) is 9.59 Å². The zero-order valence-corrected chi connectivity index (χ0v) is 14.3. The zero-order valence-electron chi connectivity index (χ0n) is 14.3. The fourth-order valence-corrected chi connectivity index (χ4v) is 3.68. The highest BCUT2D eigenvalue weighted by Gasteiger charge is 2.43. The van der Waals surface area contributed by atoms with E-state index in [-0.39, 0.29) is 17.0 Å². The Balaban J connectivity index is 1.95. The van der Waals surface area contributed by atoms with Crippen molar-refractivity contribution in [1.29, 1.82) is 0 Å². The minimum atomic E-state index is -0.776. The monoisotopic (exact) mass is 333 g/mol. The van der Waals surface area contributed by atoms with Gasteiger partial charge in [0.05, 0.1) is 11.4 Å². The van der Waals surface area contributed by atoms with Crippen LogP contribution in [-0.4, -0.2) is 25.9 Å². The number of hydrogen-bond acceptors (Lipinski definition) is 4. The van der Waals surface area contributed by atoms with E-state index in [1.165, 1.54) is 0 Å². The van der Waals surface area contributed by atoms with Gasteiger partial charge in [-0.05, 0) is 11.5 Å². The minimum Gasteiger partial charge on any atom is -0.298 e. The zero-order chi connectivity index (χ0) is 17.6. The average molecular weight is 333 g/mol. The van der Waals surface area contributed by atoms with Gasteiger partial charge in [-0.1, -0.05) is 44.2 Å². The first-order chi connectivity index (χ1) is 12.0. The Hall–Kier alpha value is -2.82. The summed E-state index contributed by atoms with van der Waals surface area (Å²) in [7, 11) is 0. The predicted octanol–water partition coefficient (Wildman–Crippen LogP) is 3.44. The smallest absolute Gasteiger partial charge is 0.234 e. The van der Waals surface area contributed by atoms with Crippen LogP contribution in [0.5, 0.6) is 0 Å². The maximum absolute atomic E-state index is 12.9. The van der Waals surface area contributed by atoms with Gasteiger partial charge in [-0.25, -0.2) is 9.97 Å². The third kappa shape index (κ3) is 2.65. The molecule has 0 saturated heterocycles. The standard InChI is InChI=1S/C20H19N3O2/c1-20(2)11-14(24)16(15(25)12-20)18-17(13-7-4-3-5-8-13)22-19-21-9-6-10-23(18)19/h3-10,16H,11-12H2,1-2H3. The Labute approximate surface area is 145 Å². The summed E-state index contributed by atoms with van der Waals surface area (Å²) in [5.74, 6) is -0.350. The molecular formula is C20H19N3O2. The summed E-state index contributed by atoms with van der Waals surface area (Å²) in [6.45, 7) is 3.93. The molecule has 5 heteroatoms. The molecule has 0 spiro atoms. The molecule has 1 saturated carbocycles. The van der Waals surface area contributed by atoms with Gasteiger partial charge in [0.1, 0.15) is 17.5 Å². The van der Waals surface area contributed by atoms with Crippen LogP contribution in [0.15, 0.2) is 48.8 Å². The lowest BCUT2D eigenvalue weighted by Crippen LogP contribution is -2.36. The van der Waals surface area contributed by atoms with Gasteiger partial charge in [0.2, 0.25) is 5.78 Å². The molecule has 0 unspecified atom stereocenters. The Morgan fingerprint density at radius 3 is 2.40 bits per heavy atom. The van der Waals surface area contributed by atoms with Crippen molar-refractivity contribution in [3.8, 4) is 11.3 Å². The van der Waals surface area contributed by atoms with Crippen LogP contribution >= 0.6 is 0 Å². The summed E-state index contributed by atoms with van der Waals surface area (Å²) in [6.07, 6.45) is 4.27. The number of Topliss-reactive ketones (excluding diaryl/α,β-unsaturated/α-hetero) is 2. The first kappa shape index (κ1) is 15.7. The summed E-state index contributed by atoms with van der Waals surface area (Å²) >= 11 is 0. The quantitative estimate of drug-likeness (QED) is 0.674. The lowest BCUT2D eigenvalue weighted by molar-refractivity contribution is -0.135. The van der Waals surface area contributed by atoms with Crippen molar-refractivity contribution in [2.75, 3.05) is 0 Å². The Kier molecular flexibility index (Phi) is 3.53. The second-order valence-electron chi connectivity index (χ2n) is 7.38. The van der Waals surface area contributed by atoms with Crippen molar-refractivity contribution in [3.63, 3.8) is 0 Å².